The van der Waals surface area contributed by atoms with Crippen LogP contribution in [0.15, 0.2) is 21.9 Å². The first kappa shape index (κ1) is 21.7. The third-order valence-electron chi connectivity index (χ3n) is 2.45. The molecule has 7 nitrogen and oxygen atoms in total. The fourth-order valence-corrected chi connectivity index (χ4v) is 4.46. The molecule has 0 radical (unpaired) electrons. The van der Waals surface area contributed by atoms with Crippen molar-refractivity contribution in [1.82, 2.24) is 0 Å². The summed E-state index contributed by atoms with van der Waals surface area (Å²) in [5, 5.41) is 9.17. The van der Waals surface area contributed by atoms with Gasteiger partial charge in [0.05, 0.1) is 20.5 Å². The number of hydrogen-bond acceptors (Lipinski definition) is 5. The molecule has 0 aromatic heterocycles. The fraction of sp³-hybridized carbons (Fsp3) is 0.250. The Kier molecular flexibility index (Phi) is 7.00. The molecular formula is C8H6Cl4KN3O4S2. The normalized spacial score (nSPS) is 20.5. The van der Waals surface area contributed by atoms with Gasteiger partial charge < -0.3 is 15.2 Å². The van der Waals surface area contributed by atoms with Crippen molar-refractivity contribution in [3.63, 3.8) is 0 Å². The summed E-state index contributed by atoms with van der Waals surface area (Å²) in [5.74, 6) is 0. The van der Waals surface area contributed by atoms with Crippen LogP contribution in [-0.2, 0) is 20.0 Å². The van der Waals surface area contributed by atoms with Crippen molar-refractivity contribution in [2.24, 2.45) is 0 Å². The predicted octanol–water partition coefficient (Wildman–Crippen LogP) is 0.382. The molecule has 1 unspecified atom stereocenters. The predicted molar refractivity (Wildman–Crippen MR) is 82.3 cm³/mol. The number of hydrogen-bond donors (Lipinski definition) is 1. The minimum absolute atomic E-state index is 0. The van der Waals surface area contributed by atoms with Gasteiger partial charge in [0.25, 0.3) is 0 Å². The monoisotopic (exact) mass is 451 g/mol. The molecule has 1 aliphatic heterocycles. The number of alkyl halides is 3. The van der Waals surface area contributed by atoms with Gasteiger partial charge in [0.2, 0.25) is 0 Å². The molecule has 0 aliphatic carbocycles. The van der Waals surface area contributed by atoms with E-state index in [1.165, 1.54) is 0 Å². The third kappa shape index (κ3) is 4.62. The zero-order chi connectivity index (χ0) is 16.2. The molecule has 0 saturated carbocycles. The molecule has 2 rings (SSSR count). The Bertz CT molecular complexity index is 815. The summed E-state index contributed by atoms with van der Waals surface area (Å²) < 4.78 is 47.9. The van der Waals surface area contributed by atoms with E-state index in [2.05, 4.69) is 10.0 Å². The number of benzene rings is 1. The standard InChI is InChI=1S/C8H5Cl4N3O4S2.K/c9-3-1-4-6(2-5(3)20(13,16)17)21(18,19)15-7(14-4)8(10,11)12;/h1-2,7,14H,(H-,13,16,17);/q-2;+1/p+1. The molecule has 0 spiro atoms. The van der Waals surface area contributed by atoms with Gasteiger partial charge >= 0.3 is 52.8 Å². The maximum atomic E-state index is 12.0. The van der Waals surface area contributed by atoms with E-state index < -0.39 is 39.8 Å². The minimum Gasteiger partial charge on any atom is -0.560 e. The van der Waals surface area contributed by atoms with E-state index in [1.807, 2.05) is 0 Å². The van der Waals surface area contributed by atoms with Gasteiger partial charge in [-0.2, -0.15) is 0 Å². The van der Waals surface area contributed by atoms with Crippen LogP contribution in [0.4, 0.5) is 5.69 Å². The quantitative estimate of drug-likeness (QED) is 0.488. The Morgan fingerprint density at radius 1 is 1.32 bits per heavy atom. The molecule has 1 aliphatic rings. The Hall–Kier alpha value is 1.64. The maximum absolute atomic E-state index is 12.0. The second kappa shape index (κ2) is 7.10. The molecule has 1 aromatic rings. The van der Waals surface area contributed by atoms with E-state index in [4.69, 9.17) is 51.5 Å². The number of sulfonamides is 2. The Labute approximate surface area is 191 Å². The van der Waals surface area contributed by atoms with Crippen LogP contribution in [0.2, 0.25) is 5.02 Å². The molecule has 2 N–H and O–H groups in total. The van der Waals surface area contributed by atoms with E-state index in [9.17, 15) is 16.8 Å². The van der Waals surface area contributed by atoms with Crippen LogP contribution in [0.25, 0.3) is 9.86 Å². The summed E-state index contributed by atoms with van der Waals surface area (Å²) in [6.07, 6.45) is -1.39. The first-order valence-electron chi connectivity index (χ1n) is 4.96. The smallest absolute Gasteiger partial charge is 0.560 e. The van der Waals surface area contributed by atoms with Gasteiger partial charge in [-0.05, 0) is 18.3 Å². The van der Waals surface area contributed by atoms with Crippen LogP contribution in [0.3, 0.4) is 0 Å². The molecule has 1 heterocycles. The zero-order valence-corrected chi connectivity index (χ0v) is 18.4. The number of fused-ring (bicyclic) bond motifs is 1. The van der Waals surface area contributed by atoms with Gasteiger partial charge in [-0.15, -0.1) is 0 Å². The van der Waals surface area contributed by atoms with Crippen molar-refractivity contribution in [3.8, 4) is 0 Å². The van der Waals surface area contributed by atoms with Crippen molar-refractivity contribution >= 4 is 72.1 Å². The average Bonchev–Trinajstić information content (AvgIpc) is 2.23. The summed E-state index contributed by atoms with van der Waals surface area (Å²) in [6, 6.07) is 1.76. The maximum Gasteiger partial charge on any atom is 1.00 e. The Morgan fingerprint density at radius 2 is 1.86 bits per heavy atom. The molecule has 118 valence electrons. The first-order valence-corrected chi connectivity index (χ1v) is 9.39. The largest absolute Gasteiger partial charge is 1.00 e. The van der Waals surface area contributed by atoms with E-state index in [1.54, 1.807) is 0 Å². The summed E-state index contributed by atoms with van der Waals surface area (Å²) >= 11 is 22.5. The van der Waals surface area contributed by atoms with E-state index in [-0.39, 0.29) is 63.5 Å². The van der Waals surface area contributed by atoms with Crippen molar-refractivity contribution < 1.29 is 69.6 Å². The van der Waals surface area contributed by atoms with Crippen LogP contribution in [0, 0.1) is 0 Å². The van der Waals surface area contributed by atoms with Crippen molar-refractivity contribution in [1.29, 1.82) is 0 Å². The van der Waals surface area contributed by atoms with E-state index in [0.29, 0.717) is 0 Å². The topological polar surface area (TPSA) is 118 Å². The number of rotatable bonds is 1. The molecule has 0 fully saturated rings. The van der Waals surface area contributed by atoms with Crippen LogP contribution >= 0.6 is 46.4 Å². The Balaban J connectivity index is 0.00000242. The molecule has 22 heavy (non-hydrogen) atoms. The summed E-state index contributed by atoms with van der Waals surface area (Å²) in [5.41, 5.74) is -0.0706. The van der Waals surface area contributed by atoms with Crippen LogP contribution in [0.5, 0.6) is 0 Å². The molecule has 1 aromatic carbocycles. The van der Waals surface area contributed by atoms with Gasteiger partial charge in [0.15, 0.2) is 3.79 Å². The molecular weight excluding hydrogens is 447 g/mol. The third-order valence-corrected chi connectivity index (χ3v) is 5.79. The number of nitrogens with one attached hydrogen (secondary N) is 2. The summed E-state index contributed by atoms with van der Waals surface area (Å²) in [7, 11) is -8.72. The number of anilines is 1. The van der Waals surface area contributed by atoms with Crippen LogP contribution in [0.1, 0.15) is 1.43 Å². The van der Waals surface area contributed by atoms with Crippen LogP contribution < -0.4 is 56.7 Å². The summed E-state index contributed by atoms with van der Waals surface area (Å²) in [4.78, 5) is -1.13. The second-order valence-electron chi connectivity index (χ2n) is 3.95. The number of nitrogens with zero attached hydrogens (tertiary/aromatic N) is 1. The van der Waals surface area contributed by atoms with E-state index >= 15 is 0 Å². The van der Waals surface area contributed by atoms with Gasteiger partial charge in [0, 0.05) is 0 Å². The van der Waals surface area contributed by atoms with Gasteiger partial charge in [-0.25, -0.2) is 16.8 Å². The Morgan fingerprint density at radius 3 is 2.32 bits per heavy atom. The van der Waals surface area contributed by atoms with Crippen molar-refractivity contribution in [3.05, 3.63) is 27.0 Å². The van der Waals surface area contributed by atoms with Gasteiger partial charge in [0.1, 0.15) is 20.0 Å². The first-order chi connectivity index (χ1) is 9.32. The molecule has 14 heteroatoms. The molecule has 0 bridgehead atoms. The number of halogens is 4. The van der Waals surface area contributed by atoms with Gasteiger partial charge in [-0.3, -0.25) is 0 Å². The van der Waals surface area contributed by atoms with Gasteiger partial charge in [-0.1, -0.05) is 46.4 Å². The zero-order valence-electron chi connectivity index (χ0n) is 11.6. The second-order valence-corrected chi connectivity index (χ2v) is 9.77. The molecule has 0 amide bonds. The summed E-state index contributed by atoms with van der Waals surface area (Å²) in [6.45, 7) is 0. The van der Waals surface area contributed by atoms with Crippen molar-refractivity contribution in [2.75, 3.05) is 5.32 Å². The minimum atomic E-state index is -4.45. The fourth-order valence-electron chi connectivity index (χ4n) is 1.58. The average molecular weight is 453 g/mol. The molecule has 1 atom stereocenters. The van der Waals surface area contributed by atoms with Crippen molar-refractivity contribution in [2.45, 2.75) is 19.7 Å². The van der Waals surface area contributed by atoms with E-state index in [0.717, 1.165) is 12.1 Å². The SMILES string of the molecule is [H+].[K+].[NH-]S(=O)(=O)c1cc2c(cc1Cl)NC(C(Cl)(Cl)Cl)[N-]S2(=O)=O. The van der Waals surface area contributed by atoms with Crippen LogP contribution in [-0.4, -0.2) is 26.8 Å². The molecule has 0 saturated heterocycles.